The Labute approximate surface area is 104 Å². The van der Waals surface area contributed by atoms with Crippen LogP contribution in [0.15, 0.2) is 9.44 Å². The number of thiocarbonyl (C=S) groups is 1. The molecule has 0 saturated heterocycles. The molecule has 0 aliphatic carbocycles. The van der Waals surface area contributed by atoms with Crippen molar-refractivity contribution in [3.05, 3.63) is 3.95 Å². The first kappa shape index (κ1) is 12.1. The fourth-order valence-corrected chi connectivity index (χ4v) is 3.22. The summed E-state index contributed by atoms with van der Waals surface area (Å²) in [6.45, 7) is 0. The van der Waals surface area contributed by atoms with Crippen LogP contribution in [0.3, 0.4) is 0 Å². The van der Waals surface area contributed by atoms with Crippen LogP contribution < -0.4 is 5.43 Å². The van der Waals surface area contributed by atoms with E-state index in [1.807, 2.05) is 6.26 Å². The summed E-state index contributed by atoms with van der Waals surface area (Å²) in [7, 11) is 0. The number of aromatic amines is 1. The lowest BCUT2D eigenvalue weighted by molar-refractivity contribution is 1.01. The van der Waals surface area contributed by atoms with E-state index in [9.17, 15) is 0 Å². The Hall–Kier alpha value is 0.0400. The zero-order valence-electron chi connectivity index (χ0n) is 7.01. The van der Waals surface area contributed by atoms with Crippen molar-refractivity contribution < 1.29 is 0 Å². The summed E-state index contributed by atoms with van der Waals surface area (Å²) in [6.07, 6.45) is 1.93. The number of nitrogens with one attached hydrogen (secondary N) is 2. The van der Waals surface area contributed by atoms with Gasteiger partial charge in [0.25, 0.3) is 0 Å². The summed E-state index contributed by atoms with van der Waals surface area (Å²) in [5.41, 5.74) is 3.95. The van der Waals surface area contributed by atoms with Crippen molar-refractivity contribution >= 4 is 69.2 Å². The second-order valence-electron chi connectivity index (χ2n) is 1.81. The Kier molecular flexibility index (Phi) is 5.63. The number of hydrogen-bond donors (Lipinski definition) is 2. The highest BCUT2D eigenvalue weighted by molar-refractivity contribution is 8.39. The highest BCUT2D eigenvalue weighted by Gasteiger charge is 2.04. The Morgan fingerprint density at radius 3 is 3.07 bits per heavy atom. The van der Waals surface area contributed by atoms with Crippen molar-refractivity contribution in [2.24, 2.45) is 5.10 Å². The SMILES string of the molecule is CS/C(=N\NC=S)Sc1n[nH]c(=S)s1. The van der Waals surface area contributed by atoms with Gasteiger partial charge in [-0.3, -0.25) is 10.5 Å². The van der Waals surface area contributed by atoms with E-state index in [-0.39, 0.29) is 0 Å². The summed E-state index contributed by atoms with van der Waals surface area (Å²) in [4.78, 5) is 0. The first-order chi connectivity index (χ1) is 6.76. The van der Waals surface area contributed by atoms with E-state index in [1.165, 1.54) is 40.4 Å². The maximum absolute atomic E-state index is 4.91. The van der Waals surface area contributed by atoms with Crippen molar-refractivity contribution in [1.82, 2.24) is 15.6 Å². The molecule has 0 fully saturated rings. The first-order valence-corrected chi connectivity index (χ1v) is 7.04. The van der Waals surface area contributed by atoms with Gasteiger partial charge in [0, 0.05) is 0 Å². The molecule has 0 aromatic carbocycles. The quantitative estimate of drug-likeness (QED) is 0.292. The molecule has 0 aliphatic heterocycles. The Morgan fingerprint density at radius 2 is 2.57 bits per heavy atom. The molecule has 0 amide bonds. The largest absolute Gasteiger partial charge is 0.273 e. The van der Waals surface area contributed by atoms with E-state index in [2.05, 4.69) is 32.9 Å². The van der Waals surface area contributed by atoms with Crippen LogP contribution in [0, 0.1) is 3.95 Å². The molecule has 0 radical (unpaired) electrons. The summed E-state index contributed by atoms with van der Waals surface area (Å²) in [6, 6.07) is 0. The second-order valence-corrected chi connectivity index (χ2v) is 6.00. The molecule has 9 heteroatoms. The summed E-state index contributed by atoms with van der Waals surface area (Å²) in [5, 5.41) is 10.7. The van der Waals surface area contributed by atoms with E-state index in [4.69, 9.17) is 12.2 Å². The van der Waals surface area contributed by atoms with Gasteiger partial charge in [-0.1, -0.05) is 23.6 Å². The molecule has 1 aromatic heterocycles. The molecule has 4 nitrogen and oxygen atoms in total. The van der Waals surface area contributed by atoms with E-state index in [1.54, 1.807) is 0 Å². The molecule has 1 aromatic rings. The number of nitrogens with zero attached hydrogens (tertiary/aromatic N) is 2. The van der Waals surface area contributed by atoms with Gasteiger partial charge in [0.2, 0.25) is 0 Å². The number of hydrazone groups is 1. The van der Waals surface area contributed by atoms with Crippen LogP contribution in [0.2, 0.25) is 0 Å². The Balaban J connectivity index is 2.65. The molecular weight excluding hydrogens is 276 g/mol. The molecule has 0 bridgehead atoms. The van der Waals surface area contributed by atoms with Gasteiger partial charge < -0.3 is 0 Å². The molecular formula is C5H6N4S5. The average Bonchev–Trinajstić information content (AvgIpc) is 2.58. The van der Waals surface area contributed by atoms with Gasteiger partial charge >= 0.3 is 0 Å². The fraction of sp³-hybridized carbons (Fsp3) is 0.200. The number of hydrogen-bond acceptors (Lipinski definition) is 7. The summed E-state index contributed by atoms with van der Waals surface area (Å²) in [5.74, 6) is 0. The number of H-pyrrole nitrogens is 1. The van der Waals surface area contributed by atoms with Crippen molar-refractivity contribution in [3.63, 3.8) is 0 Å². The first-order valence-electron chi connectivity index (χ1n) is 3.30. The minimum Gasteiger partial charge on any atom is -0.273 e. The van der Waals surface area contributed by atoms with E-state index in [0.717, 1.165) is 8.72 Å². The molecule has 0 saturated carbocycles. The van der Waals surface area contributed by atoms with Gasteiger partial charge in [0.1, 0.15) is 0 Å². The van der Waals surface area contributed by atoms with Crippen LogP contribution in [0.4, 0.5) is 0 Å². The van der Waals surface area contributed by atoms with Crippen LogP contribution in [-0.2, 0) is 0 Å². The van der Waals surface area contributed by atoms with Crippen molar-refractivity contribution in [3.8, 4) is 0 Å². The van der Waals surface area contributed by atoms with Crippen LogP contribution in [0.5, 0.6) is 0 Å². The highest BCUT2D eigenvalue weighted by atomic mass is 32.2. The van der Waals surface area contributed by atoms with Gasteiger partial charge in [-0.2, -0.15) is 10.2 Å². The molecule has 0 atom stereocenters. The van der Waals surface area contributed by atoms with Gasteiger partial charge in [-0.25, -0.2) is 0 Å². The predicted molar refractivity (Wildman–Crippen MR) is 70.9 cm³/mol. The fourth-order valence-electron chi connectivity index (χ4n) is 0.524. The van der Waals surface area contributed by atoms with Gasteiger partial charge in [-0.05, 0) is 30.2 Å². The summed E-state index contributed by atoms with van der Waals surface area (Å²) < 4.78 is 2.34. The molecule has 2 N–H and O–H groups in total. The highest BCUT2D eigenvalue weighted by Crippen LogP contribution is 2.25. The van der Waals surface area contributed by atoms with Crippen molar-refractivity contribution in [2.75, 3.05) is 6.26 Å². The summed E-state index contributed by atoms with van der Waals surface area (Å²) >= 11 is 13.9. The minimum absolute atomic E-state index is 0.663. The molecule has 76 valence electrons. The third-order valence-corrected chi connectivity index (χ3v) is 4.19. The predicted octanol–water partition coefficient (Wildman–Crippen LogP) is 2.47. The average molecular weight is 282 g/mol. The van der Waals surface area contributed by atoms with E-state index < -0.39 is 0 Å². The number of thioether (sulfide) groups is 2. The normalized spacial score (nSPS) is 11.4. The third-order valence-electron chi connectivity index (χ3n) is 0.976. The van der Waals surface area contributed by atoms with E-state index >= 15 is 0 Å². The maximum Gasteiger partial charge on any atom is 0.179 e. The molecule has 1 rings (SSSR count). The topological polar surface area (TPSA) is 53.1 Å². The van der Waals surface area contributed by atoms with Crippen LogP contribution >= 0.6 is 59.3 Å². The smallest absolute Gasteiger partial charge is 0.179 e. The van der Waals surface area contributed by atoms with Gasteiger partial charge in [-0.15, -0.1) is 11.8 Å². The van der Waals surface area contributed by atoms with Gasteiger partial charge in [0.15, 0.2) is 12.7 Å². The number of aromatic nitrogens is 2. The standard InChI is InChI=1S/C5H6N4S5/c1-12-4(8-6-2-10)14-5-9-7-3(11)13-5/h2H,1H3,(H,6,10)(H,7,11)/b8-4+. The van der Waals surface area contributed by atoms with Crippen LogP contribution in [0.1, 0.15) is 0 Å². The van der Waals surface area contributed by atoms with Crippen molar-refractivity contribution in [2.45, 2.75) is 4.34 Å². The van der Waals surface area contributed by atoms with Crippen LogP contribution in [0.25, 0.3) is 0 Å². The monoisotopic (exact) mass is 282 g/mol. The third kappa shape index (κ3) is 4.05. The van der Waals surface area contributed by atoms with Crippen molar-refractivity contribution in [1.29, 1.82) is 0 Å². The maximum atomic E-state index is 4.91. The lowest BCUT2D eigenvalue weighted by atomic mass is 11.4. The molecule has 0 aliphatic rings. The van der Waals surface area contributed by atoms with Gasteiger partial charge in [0.05, 0.1) is 5.49 Å². The molecule has 0 spiro atoms. The lowest BCUT2D eigenvalue weighted by Crippen LogP contribution is -2.01. The van der Waals surface area contributed by atoms with Crippen LogP contribution in [-0.4, -0.2) is 26.3 Å². The molecule has 0 unspecified atom stereocenters. The second kappa shape index (κ2) is 6.51. The molecule has 14 heavy (non-hydrogen) atoms. The van der Waals surface area contributed by atoms with E-state index in [0.29, 0.717) is 3.95 Å². The lowest BCUT2D eigenvalue weighted by Gasteiger charge is -1.97. The molecule has 1 heterocycles. The minimum atomic E-state index is 0.663. The Bertz CT molecular complexity index is 379. The number of rotatable bonds is 3. The zero-order valence-corrected chi connectivity index (χ0v) is 11.1. The zero-order chi connectivity index (χ0) is 10.4. The Morgan fingerprint density at radius 1 is 1.79 bits per heavy atom.